The van der Waals surface area contributed by atoms with E-state index >= 15 is 0 Å². The molecule has 6 heteroatoms. The first kappa shape index (κ1) is 18.0. The highest BCUT2D eigenvalue weighted by Gasteiger charge is 2.52. The number of hydrogen-bond donors (Lipinski definition) is 1. The Balaban J connectivity index is 1.96. The van der Waals surface area contributed by atoms with Gasteiger partial charge >= 0.3 is 0 Å². The molecule has 1 fully saturated rings. The third kappa shape index (κ3) is 3.31. The first-order chi connectivity index (χ1) is 11.8. The third-order valence-corrected chi connectivity index (χ3v) is 7.54. The third-order valence-electron chi connectivity index (χ3n) is 4.77. The summed E-state index contributed by atoms with van der Waals surface area (Å²) in [5.74, 6) is -0.455. The molecule has 1 amide bonds. The molecule has 0 heterocycles. The Hall–Kier alpha value is -1.85. The maximum Gasteiger partial charge on any atom is 0.246 e. The van der Waals surface area contributed by atoms with Crippen molar-refractivity contribution < 1.29 is 13.2 Å². The predicted molar refractivity (Wildman–Crippen MR) is 99.6 cm³/mol. The van der Waals surface area contributed by atoms with Crippen LogP contribution in [0.4, 0.5) is 5.69 Å². The second-order valence-electron chi connectivity index (χ2n) is 6.48. The fourth-order valence-electron chi connectivity index (χ4n) is 3.29. The zero-order chi connectivity index (χ0) is 18.1. The SMILES string of the molecule is Cc1ccc(NC(=O)C2(S(=O)(=O)c3ccc(Cl)cc3)CCCC2)cc1. The second kappa shape index (κ2) is 6.81. The number of rotatable bonds is 4. The molecule has 0 aliphatic heterocycles. The molecule has 4 nitrogen and oxygen atoms in total. The molecule has 2 aromatic rings. The molecule has 0 radical (unpaired) electrons. The van der Waals surface area contributed by atoms with Crippen molar-refractivity contribution in [3.8, 4) is 0 Å². The van der Waals surface area contributed by atoms with Gasteiger partial charge in [-0.2, -0.15) is 0 Å². The van der Waals surface area contributed by atoms with Crippen molar-refractivity contribution in [3.05, 3.63) is 59.1 Å². The summed E-state index contributed by atoms with van der Waals surface area (Å²) < 4.78 is 25.1. The van der Waals surface area contributed by atoms with Crippen LogP contribution in [0.2, 0.25) is 5.02 Å². The Labute approximate surface area is 153 Å². The van der Waals surface area contributed by atoms with Crippen LogP contribution in [0.1, 0.15) is 31.2 Å². The van der Waals surface area contributed by atoms with E-state index in [0.29, 0.717) is 36.4 Å². The highest BCUT2D eigenvalue weighted by Crippen LogP contribution is 2.41. The topological polar surface area (TPSA) is 63.2 Å². The first-order valence-electron chi connectivity index (χ1n) is 8.23. The molecule has 132 valence electrons. The smallest absolute Gasteiger partial charge is 0.246 e. The number of carbonyl (C=O) groups excluding carboxylic acids is 1. The Morgan fingerprint density at radius 2 is 1.56 bits per heavy atom. The maximum atomic E-state index is 13.2. The van der Waals surface area contributed by atoms with E-state index in [2.05, 4.69) is 5.32 Å². The number of sulfone groups is 1. The van der Waals surface area contributed by atoms with Crippen molar-refractivity contribution in [1.29, 1.82) is 0 Å². The van der Waals surface area contributed by atoms with Crippen LogP contribution in [-0.2, 0) is 14.6 Å². The van der Waals surface area contributed by atoms with Crippen LogP contribution in [0.5, 0.6) is 0 Å². The van der Waals surface area contributed by atoms with Crippen molar-refractivity contribution in [2.24, 2.45) is 0 Å². The van der Waals surface area contributed by atoms with Gasteiger partial charge in [0, 0.05) is 10.7 Å². The summed E-state index contributed by atoms with van der Waals surface area (Å²) in [6.45, 7) is 1.95. The van der Waals surface area contributed by atoms with E-state index < -0.39 is 20.5 Å². The van der Waals surface area contributed by atoms with Gasteiger partial charge in [0.25, 0.3) is 0 Å². The molecule has 1 N–H and O–H groups in total. The molecule has 1 saturated carbocycles. The zero-order valence-electron chi connectivity index (χ0n) is 14.0. The number of benzene rings is 2. The lowest BCUT2D eigenvalue weighted by atomic mass is 10.1. The van der Waals surface area contributed by atoms with Crippen molar-refractivity contribution in [2.75, 3.05) is 5.32 Å². The molecule has 0 atom stereocenters. The van der Waals surface area contributed by atoms with Crippen molar-refractivity contribution in [2.45, 2.75) is 42.2 Å². The standard InChI is InChI=1S/C19H20ClNO3S/c1-14-4-8-16(9-5-14)21-18(22)19(12-2-3-13-19)25(23,24)17-10-6-15(20)7-11-17/h4-11H,2-3,12-13H2,1H3,(H,21,22). The van der Waals surface area contributed by atoms with E-state index in [4.69, 9.17) is 11.6 Å². The van der Waals surface area contributed by atoms with Crippen LogP contribution in [0.15, 0.2) is 53.4 Å². The van der Waals surface area contributed by atoms with E-state index in [1.54, 1.807) is 12.1 Å². The van der Waals surface area contributed by atoms with Crippen LogP contribution in [0, 0.1) is 6.92 Å². The molecule has 1 aliphatic carbocycles. The minimum absolute atomic E-state index is 0.137. The molecular formula is C19H20ClNO3S. The van der Waals surface area contributed by atoms with Gasteiger partial charge in [-0.1, -0.05) is 42.1 Å². The lowest BCUT2D eigenvalue weighted by Crippen LogP contribution is -2.47. The number of hydrogen-bond acceptors (Lipinski definition) is 3. The normalized spacial score (nSPS) is 16.6. The second-order valence-corrected chi connectivity index (χ2v) is 9.18. The number of halogens is 1. The molecule has 0 spiro atoms. The predicted octanol–water partition coefficient (Wildman–Crippen LogP) is 4.37. The van der Waals surface area contributed by atoms with Gasteiger partial charge in [-0.25, -0.2) is 8.42 Å². The summed E-state index contributed by atoms with van der Waals surface area (Å²) in [5, 5.41) is 3.26. The number of carbonyl (C=O) groups is 1. The average molecular weight is 378 g/mol. The quantitative estimate of drug-likeness (QED) is 0.860. The van der Waals surface area contributed by atoms with Crippen LogP contribution >= 0.6 is 11.6 Å². The van der Waals surface area contributed by atoms with Crippen molar-refractivity contribution >= 4 is 33.0 Å². The van der Waals surface area contributed by atoms with Gasteiger partial charge in [-0.3, -0.25) is 4.79 Å². The number of nitrogens with one attached hydrogen (secondary N) is 1. The molecule has 3 rings (SSSR count). The summed E-state index contributed by atoms with van der Waals surface area (Å²) in [7, 11) is -3.82. The van der Waals surface area contributed by atoms with E-state index in [1.165, 1.54) is 24.3 Å². The number of anilines is 1. The van der Waals surface area contributed by atoms with Crippen LogP contribution in [-0.4, -0.2) is 19.1 Å². The number of aryl methyl sites for hydroxylation is 1. The van der Waals surface area contributed by atoms with Crippen LogP contribution < -0.4 is 5.32 Å². The lowest BCUT2D eigenvalue weighted by Gasteiger charge is -2.27. The van der Waals surface area contributed by atoms with Gasteiger partial charge in [0.1, 0.15) is 0 Å². The summed E-state index contributed by atoms with van der Waals surface area (Å²) in [5.41, 5.74) is 1.68. The van der Waals surface area contributed by atoms with E-state index in [-0.39, 0.29) is 4.90 Å². The minimum atomic E-state index is -3.82. The van der Waals surface area contributed by atoms with Crippen molar-refractivity contribution in [3.63, 3.8) is 0 Å². The Morgan fingerprint density at radius 1 is 1.00 bits per heavy atom. The Bertz CT molecular complexity index is 868. The molecule has 0 unspecified atom stereocenters. The molecule has 0 aromatic heterocycles. The zero-order valence-corrected chi connectivity index (χ0v) is 15.5. The summed E-state index contributed by atoms with van der Waals surface area (Å²) in [6, 6.07) is 13.3. The van der Waals surface area contributed by atoms with E-state index in [1.807, 2.05) is 19.1 Å². The van der Waals surface area contributed by atoms with Crippen molar-refractivity contribution in [1.82, 2.24) is 0 Å². The minimum Gasteiger partial charge on any atom is -0.325 e. The largest absolute Gasteiger partial charge is 0.325 e. The molecule has 0 bridgehead atoms. The highest BCUT2D eigenvalue weighted by atomic mass is 35.5. The Kier molecular flexibility index (Phi) is 4.89. The van der Waals surface area contributed by atoms with Gasteiger partial charge in [0.2, 0.25) is 5.91 Å². The monoisotopic (exact) mass is 377 g/mol. The van der Waals surface area contributed by atoms with Crippen LogP contribution in [0.3, 0.4) is 0 Å². The average Bonchev–Trinajstić information content (AvgIpc) is 3.09. The molecule has 2 aromatic carbocycles. The first-order valence-corrected chi connectivity index (χ1v) is 10.1. The van der Waals surface area contributed by atoms with Gasteiger partial charge in [-0.05, 0) is 56.2 Å². The highest BCUT2D eigenvalue weighted by molar-refractivity contribution is 7.93. The summed E-state index contributed by atoms with van der Waals surface area (Å²) in [6.07, 6.45) is 2.09. The summed E-state index contributed by atoms with van der Waals surface area (Å²) in [4.78, 5) is 13.1. The number of amides is 1. The Morgan fingerprint density at radius 3 is 2.12 bits per heavy atom. The van der Waals surface area contributed by atoms with Gasteiger partial charge in [0.15, 0.2) is 14.6 Å². The maximum absolute atomic E-state index is 13.2. The molecule has 0 saturated heterocycles. The van der Waals surface area contributed by atoms with Gasteiger partial charge < -0.3 is 5.32 Å². The fraction of sp³-hybridized carbons (Fsp3) is 0.316. The van der Waals surface area contributed by atoms with Crippen LogP contribution in [0.25, 0.3) is 0 Å². The molecular weight excluding hydrogens is 358 g/mol. The van der Waals surface area contributed by atoms with E-state index in [9.17, 15) is 13.2 Å². The van der Waals surface area contributed by atoms with Gasteiger partial charge in [-0.15, -0.1) is 0 Å². The fourth-order valence-corrected chi connectivity index (χ4v) is 5.48. The van der Waals surface area contributed by atoms with E-state index in [0.717, 1.165) is 5.56 Å². The molecule has 1 aliphatic rings. The van der Waals surface area contributed by atoms with Gasteiger partial charge in [0.05, 0.1) is 4.90 Å². The lowest BCUT2D eigenvalue weighted by molar-refractivity contribution is -0.118. The molecule has 25 heavy (non-hydrogen) atoms. The summed E-state index contributed by atoms with van der Waals surface area (Å²) >= 11 is 5.86.